The second-order valence-corrected chi connectivity index (χ2v) is 4.84. The first-order chi connectivity index (χ1) is 7.72. The Kier molecular flexibility index (Phi) is 3.15. The standard InChI is InChI=1S/C13H16N2O.ClH/c1-9-2-3-10-11(8-9)15-12(16)13(10)4-6-14-7-5-13;/h2-3,8,14H,4-7H2,1H3,(H,15,16);1H. The molecule has 0 atom stereocenters. The smallest absolute Gasteiger partial charge is 0.235 e. The maximum atomic E-state index is 12.2. The highest BCUT2D eigenvalue weighted by molar-refractivity contribution is 6.06. The van der Waals surface area contributed by atoms with Crippen LogP contribution in [0.1, 0.15) is 24.0 Å². The molecule has 2 aliphatic rings. The van der Waals surface area contributed by atoms with Gasteiger partial charge in [0.05, 0.1) is 5.41 Å². The number of hydrogen-bond acceptors (Lipinski definition) is 2. The summed E-state index contributed by atoms with van der Waals surface area (Å²) in [5, 5.41) is 6.35. The number of fused-ring (bicyclic) bond motifs is 2. The van der Waals surface area contributed by atoms with Crippen LogP contribution < -0.4 is 10.6 Å². The summed E-state index contributed by atoms with van der Waals surface area (Å²) in [5.41, 5.74) is 3.16. The van der Waals surface area contributed by atoms with Crippen LogP contribution in [0, 0.1) is 6.92 Å². The fourth-order valence-corrected chi connectivity index (χ4v) is 2.89. The Bertz CT molecular complexity index is 453. The molecule has 1 saturated heterocycles. The number of piperidine rings is 1. The molecule has 4 heteroatoms. The van der Waals surface area contributed by atoms with Gasteiger partial charge in [0.2, 0.25) is 5.91 Å². The predicted octanol–water partition coefficient (Wildman–Crippen LogP) is 1.99. The van der Waals surface area contributed by atoms with Crippen molar-refractivity contribution in [3.8, 4) is 0 Å². The van der Waals surface area contributed by atoms with Crippen LogP contribution in [0.3, 0.4) is 0 Å². The number of nitrogens with one attached hydrogen (secondary N) is 2. The van der Waals surface area contributed by atoms with Crippen molar-refractivity contribution in [3.05, 3.63) is 29.3 Å². The van der Waals surface area contributed by atoms with Gasteiger partial charge in [0.25, 0.3) is 0 Å². The number of halogens is 1. The summed E-state index contributed by atoms with van der Waals surface area (Å²) in [5.74, 6) is 0.189. The van der Waals surface area contributed by atoms with Gasteiger partial charge < -0.3 is 10.6 Å². The highest BCUT2D eigenvalue weighted by atomic mass is 35.5. The van der Waals surface area contributed by atoms with Crippen LogP contribution in [0.2, 0.25) is 0 Å². The van der Waals surface area contributed by atoms with Gasteiger partial charge in [-0.25, -0.2) is 0 Å². The maximum Gasteiger partial charge on any atom is 0.235 e. The van der Waals surface area contributed by atoms with E-state index < -0.39 is 0 Å². The minimum Gasteiger partial charge on any atom is -0.325 e. The van der Waals surface area contributed by atoms with E-state index >= 15 is 0 Å². The number of rotatable bonds is 0. The molecule has 1 fully saturated rings. The third-order valence-corrected chi connectivity index (χ3v) is 3.83. The number of anilines is 1. The molecule has 0 aliphatic carbocycles. The second kappa shape index (κ2) is 4.31. The molecular weight excluding hydrogens is 236 g/mol. The monoisotopic (exact) mass is 252 g/mol. The number of benzene rings is 1. The molecule has 17 heavy (non-hydrogen) atoms. The number of carbonyl (C=O) groups excluding carboxylic acids is 1. The summed E-state index contributed by atoms with van der Waals surface area (Å²) in [6, 6.07) is 6.29. The molecule has 2 N–H and O–H groups in total. The molecule has 0 aromatic heterocycles. The molecule has 1 amide bonds. The van der Waals surface area contributed by atoms with Gasteiger partial charge in [0, 0.05) is 5.69 Å². The number of amides is 1. The number of aryl methyl sites for hydroxylation is 1. The molecule has 3 nitrogen and oxygen atoms in total. The van der Waals surface area contributed by atoms with Gasteiger partial charge in [-0.3, -0.25) is 4.79 Å². The molecule has 1 spiro atoms. The van der Waals surface area contributed by atoms with E-state index in [9.17, 15) is 4.79 Å². The molecule has 0 saturated carbocycles. The van der Waals surface area contributed by atoms with Crippen molar-refractivity contribution in [2.45, 2.75) is 25.2 Å². The SMILES string of the molecule is Cc1ccc2c(c1)NC(=O)C21CCNCC1.Cl. The number of carbonyl (C=O) groups is 1. The Hall–Kier alpha value is -1.06. The zero-order valence-corrected chi connectivity index (χ0v) is 10.7. The van der Waals surface area contributed by atoms with Crippen LogP contribution in [0.25, 0.3) is 0 Å². The summed E-state index contributed by atoms with van der Waals surface area (Å²) < 4.78 is 0. The van der Waals surface area contributed by atoms with E-state index in [-0.39, 0.29) is 23.7 Å². The van der Waals surface area contributed by atoms with Crippen molar-refractivity contribution in [3.63, 3.8) is 0 Å². The Morgan fingerprint density at radius 3 is 2.65 bits per heavy atom. The zero-order chi connectivity index (χ0) is 11.2. The lowest BCUT2D eigenvalue weighted by molar-refractivity contribution is -0.121. The minimum atomic E-state index is -0.256. The van der Waals surface area contributed by atoms with Gasteiger partial charge >= 0.3 is 0 Å². The van der Waals surface area contributed by atoms with Crippen molar-refractivity contribution in [1.29, 1.82) is 0 Å². The average molecular weight is 253 g/mol. The average Bonchev–Trinajstić information content (AvgIpc) is 2.53. The minimum absolute atomic E-state index is 0. The van der Waals surface area contributed by atoms with Crippen molar-refractivity contribution in [2.75, 3.05) is 18.4 Å². The quantitative estimate of drug-likeness (QED) is 0.742. The van der Waals surface area contributed by atoms with Crippen LogP contribution in [0.4, 0.5) is 5.69 Å². The van der Waals surface area contributed by atoms with Crippen molar-refractivity contribution >= 4 is 24.0 Å². The Morgan fingerprint density at radius 2 is 1.94 bits per heavy atom. The van der Waals surface area contributed by atoms with Crippen LogP contribution in [0.5, 0.6) is 0 Å². The molecule has 0 radical (unpaired) electrons. The maximum absolute atomic E-state index is 12.2. The lowest BCUT2D eigenvalue weighted by atomic mass is 9.74. The number of hydrogen-bond donors (Lipinski definition) is 2. The first kappa shape index (κ1) is 12.4. The van der Waals surface area contributed by atoms with E-state index in [1.807, 2.05) is 0 Å². The topological polar surface area (TPSA) is 41.1 Å². The van der Waals surface area contributed by atoms with Gasteiger partial charge in [-0.05, 0) is 50.0 Å². The highest BCUT2D eigenvalue weighted by Gasteiger charge is 2.46. The summed E-state index contributed by atoms with van der Waals surface area (Å²) in [4.78, 5) is 12.2. The molecule has 3 rings (SSSR count). The molecule has 92 valence electrons. The van der Waals surface area contributed by atoms with Gasteiger partial charge in [-0.1, -0.05) is 12.1 Å². The van der Waals surface area contributed by atoms with E-state index in [2.05, 4.69) is 35.8 Å². The van der Waals surface area contributed by atoms with Crippen molar-refractivity contribution < 1.29 is 4.79 Å². The van der Waals surface area contributed by atoms with Crippen LogP contribution >= 0.6 is 12.4 Å². The molecule has 1 aromatic carbocycles. The lowest BCUT2D eigenvalue weighted by Gasteiger charge is -2.31. The lowest BCUT2D eigenvalue weighted by Crippen LogP contribution is -2.44. The molecule has 0 bridgehead atoms. The fourth-order valence-electron chi connectivity index (χ4n) is 2.89. The van der Waals surface area contributed by atoms with Gasteiger partial charge in [-0.2, -0.15) is 0 Å². The summed E-state index contributed by atoms with van der Waals surface area (Å²) in [7, 11) is 0. The summed E-state index contributed by atoms with van der Waals surface area (Å²) in [6.45, 7) is 3.92. The predicted molar refractivity (Wildman–Crippen MR) is 70.8 cm³/mol. The highest BCUT2D eigenvalue weighted by Crippen LogP contribution is 2.43. The van der Waals surface area contributed by atoms with Crippen LogP contribution in [-0.4, -0.2) is 19.0 Å². The molecular formula is C13H17ClN2O. The van der Waals surface area contributed by atoms with E-state index in [1.165, 1.54) is 11.1 Å². The van der Waals surface area contributed by atoms with Crippen molar-refractivity contribution in [2.24, 2.45) is 0 Å². The molecule has 1 aromatic rings. The first-order valence-electron chi connectivity index (χ1n) is 5.86. The van der Waals surface area contributed by atoms with E-state index in [0.29, 0.717) is 0 Å². The van der Waals surface area contributed by atoms with E-state index in [1.54, 1.807) is 0 Å². The van der Waals surface area contributed by atoms with Crippen LogP contribution in [-0.2, 0) is 10.2 Å². The van der Waals surface area contributed by atoms with Crippen molar-refractivity contribution in [1.82, 2.24) is 5.32 Å². The third-order valence-electron chi connectivity index (χ3n) is 3.83. The van der Waals surface area contributed by atoms with Crippen LogP contribution in [0.15, 0.2) is 18.2 Å². The Balaban J connectivity index is 0.00000108. The van der Waals surface area contributed by atoms with Gasteiger partial charge in [0.1, 0.15) is 0 Å². The fraction of sp³-hybridized carbons (Fsp3) is 0.462. The zero-order valence-electron chi connectivity index (χ0n) is 9.88. The summed E-state index contributed by atoms with van der Waals surface area (Å²) >= 11 is 0. The molecule has 2 aliphatic heterocycles. The largest absolute Gasteiger partial charge is 0.325 e. The summed E-state index contributed by atoms with van der Waals surface area (Å²) in [6.07, 6.45) is 1.82. The first-order valence-corrected chi connectivity index (χ1v) is 5.86. The van der Waals surface area contributed by atoms with E-state index in [4.69, 9.17) is 0 Å². The Morgan fingerprint density at radius 1 is 1.24 bits per heavy atom. The molecule has 0 unspecified atom stereocenters. The third kappa shape index (κ3) is 1.74. The molecule has 2 heterocycles. The van der Waals surface area contributed by atoms with E-state index in [0.717, 1.165) is 31.6 Å². The van der Waals surface area contributed by atoms with Gasteiger partial charge in [0.15, 0.2) is 0 Å². The second-order valence-electron chi connectivity index (χ2n) is 4.84. The Labute approximate surface area is 107 Å². The normalized spacial score (nSPS) is 20.6. The van der Waals surface area contributed by atoms with Gasteiger partial charge in [-0.15, -0.1) is 12.4 Å².